The van der Waals surface area contributed by atoms with Crippen molar-refractivity contribution >= 4 is 21.9 Å². The van der Waals surface area contributed by atoms with E-state index in [1.54, 1.807) is 12.3 Å². The molecule has 0 spiro atoms. The number of methoxy groups -OCH3 is 1. The third-order valence-electron chi connectivity index (χ3n) is 1.38. The number of rotatable bonds is 1. The fourth-order valence-electron chi connectivity index (χ4n) is 0.806. The van der Waals surface area contributed by atoms with Gasteiger partial charge in [0.05, 0.1) is 12.7 Å². The lowest BCUT2D eigenvalue weighted by molar-refractivity contribution is 0.0599. The van der Waals surface area contributed by atoms with E-state index in [0.29, 0.717) is 10.2 Å². The predicted molar refractivity (Wildman–Crippen MR) is 48.0 cm³/mol. The molecule has 0 fully saturated rings. The molecule has 0 radical (unpaired) electrons. The van der Waals surface area contributed by atoms with Gasteiger partial charge >= 0.3 is 5.97 Å². The summed E-state index contributed by atoms with van der Waals surface area (Å²) in [7, 11) is 1.34. The molecule has 0 saturated heterocycles. The van der Waals surface area contributed by atoms with E-state index >= 15 is 0 Å². The lowest BCUT2D eigenvalue weighted by atomic mass is 10.2. The van der Waals surface area contributed by atoms with E-state index in [2.05, 4.69) is 25.7 Å². The van der Waals surface area contributed by atoms with Crippen LogP contribution < -0.4 is 0 Å². The summed E-state index contributed by atoms with van der Waals surface area (Å²) in [6.07, 6.45) is 1.68. The van der Waals surface area contributed by atoms with E-state index in [1.165, 1.54) is 7.11 Å². The van der Waals surface area contributed by atoms with Crippen molar-refractivity contribution in [2.45, 2.75) is 6.92 Å². The Balaban J connectivity index is 3.13. The molecule has 0 N–H and O–H groups in total. The zero-order valence-corrected chi connectivity index (χ0v) is 8.38. The highest BCUT2D eigenvalue weighted by atomic mass is 79.9. The van der Waals surface area contributed by atoms with Gasteiger partial charge in [-0.15, -0.1) is 0 Å². The van der Waals surface area contributed by atoms with Crippen LogP contribution in [0.15, 0.2) is 16.9 Å². The van der Waals surface area contributed by atoms with Crippen LogP contribution in [0.4, 0.5) is 0 Å². The molecular formula is C8H8BrNO2. The third kappa shape index (κ3) is 1.82. The van der Waals surface area contributed by atoms with Gasteiger partial charge in [0.25, 0.3) is 0 Å². The summed E-state index contributed by atoms with van der Waals surface area (Å²) < 4.78 is 5.08. The van der Waals surface area contributed by atoms with Crippen molar-refractivity contribution < 1.29 is 9.53 Å². The molecule has 0 saturated carbocycles. The number of nitrogens with zero attached hydrogens (tertiary/aromatic N) is 1. The number of carbonyl (C=O) groups excluding carboxylic acids is 1. The van der Waals surface area contributed by atoms with Gasteiger partial charge in [0, 0.05) is 6.20 Å². The largest absolute Gasteiger partial charge is 0.465 e. The molecule has 0 amide bonds. The Bertz CT molecular complexity index is 312. The highest BCUT2D eigenvalue weighted by molar-refractivity contribution is 9.10. The van der Waals surface area contributed by atoms with Crippen LogP contribution in [0.5, 0.6) is 0 Å². The number of aryl methyl sites for hydroxylation is 1. The number of pyridine rings is 1. The van der Waals surface area contributed by atoms with Crippen LogP contribution in [0.1, 0.15) is 15.9 Å². The molecule has 12 heavy (non-hydrogen) atoms. The van der Waals surface area contributed by atoms with Crippen molar-refractivity contribution in [3.05, 3.63) is 28.0 Å². The van der Waals surface area contributed by atoms with E-state index < -0.39 is 0 Å². The molecule has 4 heteroatoms. The standard InChI is InChI=1S/C8H8BrNO2/c1-5-3-6(8(11)12-2)7(9)10-4-5/h3-4H,1-2H3. The molecule has 0 atom stereocenters. The van der Waals surface area contributed by atoms with Gasteiger partial charge in [-0.2, -0.15) is 0 Å². The Morgan fingerprint density at radius 3 is 2.92 bits per heavy atom. The smallest absolute Gasteiger partial charge is 0.340 e. The number of hydrogen-bond donors (Lipinski definition) is 0. The molecule has 1 aromatic heterocycles. The second-order valence-corrected chi connectivity index (χ2v) is 3.09. The molecule has 0 aliphatic heterocycles. The number of esters is 1. The number of carbonyl (C=O) groups is 1. The zero-order valence-electron chi connectivity index (χ0n) is 6.80. The molecule has 0 unspecified atom stereocenters. The molecule has 64 valence electrons. The summed E-state index contributed by atoms with van der Waals surface area (Å²) in [6.45, 7) is 1.87. The minimum atomic E-state index is -0.377. The number of aromatic nitrogens is 1. The molecule has 0 bridgehead atoms. The summed E-state index contributed by atoms with van der Waals surface area (Å²) in [5.74, 6) is -0.377. The molecule has 1 rings (SSSR count). The first-order valence-electron chi connectivity index (χ1n) is 3.35. The first-order valence-corrected chi connectivity index (χ1v) is 4.15. The highest BCUT2D eigenvalue weighted by Crippen LogP contribution is 2.15. The van der Waals surface area contributed by atoms with Crippen molar-refractivity contribution in [2.75, 3.05) is 7.11 Å². The lowest BCUT2D eigenvalue weighted by Crippen LogP contribution is -2.03. The minimum Gasteiger partial charge on any atom is -0.465 e. The predicted octanol–water partition coefficient (Wildman–Crippen LogP) is 1.94. The second kappa shape index (κ2) is 3.67. The maximum atomic E-state index is 11.1. The molecule has 0 aliphatic carbocycles. The van der Waals surface area contributed by atoms with Gasteiger partial charge in [-0.05, 0) is 34.5 Å². The van der Waals surface area contributed by atoms with E-state index in [1.807, 2.05) is 6.92 Å². The summed E-state index contributed by atoms with van der Waals surface area (Å²) in [5, 5.41) is 0. The Morgan fingerprint density at radius 2 is 2.33 bits per heavy atom. The average molecular weight is 230 g/mol. The third-order valence-corrected chi connectivity index (χ3v) is 2.01. The van der Waals surface area contributed by atoms with Crippen molar-refractivity contribution in [2.24, 2.45) is 0 Å². The van der Waals surface area contributed by atoms with Crippen LogP contribution >= 0.6 is 15.9 Å². The molecule has 0 aromatic carbocycles. The summed E-state index contributed by atoms with van der Waals surface area (Å²) >= 11 is 3.16. The average Bonchev–Trinajstić information content (AvgIpc) is 2.08. The van der Waals surface area contributed by atoms with Crippen LogP contribution in [0.2, 0.25) is 0 Å². The number of hydrogen-bond acceptors (Lipinski definition) is 3. The lowest BCUT2D eigenvalue weighted by Gasteiger charge is -2.01. The molecule has 1 heterocycles. The molecule has 3 nitrogen and oxygen atoms in total. The Labute approximate surface area is 78.9 Å². The van der Waals surface area contributed by atoms with Crippen molar-refractivity contribution in [1.82, 2.24) is 4.98 Å². The Kier molecular flexibility index (Phi) is 2.81. The van der Waals surface area contributed by atoms with Crippen LogP contribution in [-0.4, -0.2) is 18.1 Å². The van der Waals surface area contributed by atoms with Gasteiger partial charge in [-0.1, -0.05) is 0 Å². The first-order chi connectivity index (χ1) is 5.65. The van der Waals surface area contributed by atoms with Crippen LogP contribution in [0, 0.1) is 6.92 Å². The van der Waals surface area contributed by atoms with Crippen molar-refractivity contribution in [3.8, 4) is 0 Å². The summed E-state index contributed by atoms with van der Waals surface area (Å²) in [6, 6.07) is 1.73. The number of ether oxygens (including phenoxy) is 1. The van der Waals surface area contributed by atoms with Gasteiger partial charge in [0.15, 0.2) is 0 Å². The Hall–Kier alpha value is -0.900. The van der Waals surface area contributed by atoms with E-state index in [-0.39, 0.29) is 5.97 Å². The monoisotopic (exact) mass is 229 g/mol. The Morgan fingerprint density at radius 1 is 1.67 bits per heavy atom. The van der Waals surface area contributed by atoms with Gasteiger partial charge < -0.3 is 4.74 Å². The SMILES string of the molecule is COC(=O)c1cc(C)cnc1Br. The molecule has 0 aliphatic rings. The van der Waals surface area contributed by atoms with Crippen molar-refractivity contribution in [1.29, 1.82) is 0 Å². The summed E-state index contributed by atoms with van der Waals surface area (Å²) in [5.41, 5.74) is 1.39. The van der Waals surface area contributed by atoms with E-state index in [9.17, 15) is 4.79 Å². The summed E-state index contributed by atoms with van der Waals surface area (Å²) in [4.78, 5) is 15.1. The van der Waals surface area contributed by atoms with E-state index in [0.717, 1.165) is 5.56 Å². The van der Waals surface area contributed by atoms with Gasteiger partial charge in [-0.3, -0.25) is 0 Å². The zero-order chi connectivity index (χ0) is 9.14. The quantitative estimate of drug-likeness (QED) is 0.546. The maximum absolute atomic E-state index is 11.1. The fourth-order valence-corrected chi connectivity index (χ4v) is 1.18. The highest BCUT2D eigenvalue weighted by Gasteiger charge is 2.10. The topological polar surface area (TPSA) is 39.2 Å². The first kappa shape index (κ1) is 9.19. The van der Waals surface area contributed by atoms with Crippen LogP contribution in [0.3, 0.4) is 0 Å². The van der Waals surface area contributed by atoms with Crippen LogP contribution in [0.25, 0.3) is 0 Å². The van der Waals surface area contributed by atoms with Crippen molar-refractivity contribution in [3.63, 3.8) is 0 Å². The maximum Gasteiger partial charge on any atom is 0.340 e. The number of halogens is 1. The normalized spacial score (nSPS) is 9.58. The minimum absolute atomic E-state index is 0.377. The van der Waals surface area contributed by atoms with E-state index in [4.69, 9.17) is 0 Å². The molecule has 1 aromatic rings. The van der Waals surface area contributed by atoms with Gasteiger partial charge in [0.1, 0.15) is 4.60 Å². The van der Waals surface area contributed by atoms with Crippen LogP contribution in [-0.2, 0) is 4.74 Å². The second-order valence-electron chi connectivity index (χ2n) is 2.34. The molecular weight excluding hydrogens is 222 g/mol. The van der Waals surface area contributed by atoms with Gasteiger partial charge in [-0.25, -0.2) is 9.78 Å². The van der Waals surface area contributed by atoms with Gasteiger partial charge in [0.2, 0.25) is 0 Å². The fraction of sp³-hybridized carbons (Fsp3) is 0.250.